The van der Waals surface area contributed by atoms with Crippen LogP contribution in [0.25, 0.3) is 0 Å². The molecule has 1 fully saturated rings. The minimum Gasteiger partial charge on any atom is -0.481 e. The van der Waals surface area contributed by atoms with Gasteiger partial charge in [-0.2, -0.15) is 0 Å². The Morgan fingerprint density at radius 2 is 1.48 bits per heavy atom. The van der Waals surface area contributed by atoms with E-state index in [1.807, 2.05) is 0 Å². The van der Waals surface area contributed by atoms with Crippen LogP contribution in [0.5, 0.6) is 0 Å². The number of likely N-dealkylation sites (tertiary alicyclic amines) is 1. The molecule has 4 unspecified atom stereocenters. The van der Waals surface area contributed by atoms with Crippen LogP contribution < -0.4 is 16.4 Å². The van der Waals surface area contributed by atoms with Crippen LogP contribution in [-0.4, -0.2) is 97.6 Å². The Hall–Kier alpha value is -3.75. The number of carboxylic acid groups (broad SMARTS) is 4. The Morgan fingerprint density at radius 1 is 0.879 bits per heavy atom. The molecule has 8 N–H and O–H groups in total. The first-order valence-electron chi connectivity index (χ1n) is 9.88. The summed E-state index contributed by atoms with van der Waals surface area (Å²) in [6.07, 6.45) is -2.08. The molecule has 33 heavy (non-hydrogen) atoms. The number of hydrogen-bond acceptors (Lipinski definition) is 8. The number of hydrogen-bond donors (Lipinski definition) is 7. The molecular weight excluding hydrogens is 448 g/mol. The predicted octanol–water partition coefficient (Wildman–Crippen LogP) is -2.83. The molecule has 15 nitrogen and oxygen atoms in total. The number of rotatable bonds is 13. The van der Waals surface area contributed by atoms with Crippen LogP contribution in [0.4, 0.5) is 0 Å². The molecule has 184 valence electrons. The Balaban J connectivity index is 2.99. The lowest BCUT2D eigenvalue weighted by atomic mass is 10.1. The van der Waals surface area contributed by atoms with E-state index in [4.69, 9.17) is 26.2 Å². The van der Waals surface area contributed by atoms with Crippen molar-refractivity contribution in [1.29, 1.82) is 0 Å². The van der Waals surface area contributed by atoms with Crippen LogP contribution in [0.15, 0.2) is 0 Å². The quantitative estimate of drug-likeness (QED) is 0.143. The zero-order valence-electron chi connectivity index (χ0n) is 17.4. The lowest BCUT2D eigenvalue weighted by Crippen LogP contribution is -2.57. The van der Waals surface area contributed by atoms with Gasteiger partial charge in [0.1, 0.15) is 18.1 Å². The van der Waals surface area contributed by atoms with E-state index in [1.54, 1.807) is 0 Å². The maximum Gasteiger partial charge on any atom is 0.326 e. The Labute approximate surface area is 186 Å². The van der Waals surface area contributed by atoms with Gasteiger partial charge in [0.2, 0.25) is 17.7 Å². The summed E-state index contributed by atoms with van der Waals surface area (Å²) in [6, 6.07) is -5.85. The minimum atomic E-state index is -1.73. The number of amides is 3. The fraction of sp³-hybridized carbons (Fsp3) is 0.611. The second kappa shape index (κ2) is 12.3. The fourth-order valence-electron chi connectivity index (χ4n) is 3.23. The van der Waals surface area contributed by atoms with Crippen molar-refractivity contribution in [2.45, 2.75) is 62.7 Å². The van der Waals surface area contributed by atoms with E-state index in [2.05, 4.69) is 10.6 Å². The lowest BCUT2D eigenvalue weighted by molar-refractivity contribution is -0.148. The molecule has 1 aliphatic heterocycles. The van der Waals surface area contributed by atoms with Crippen LogP contribution in [0, 0.1) is 0 Å². The molecule has 4 atom stereocenters. The summed E-state index contributed by atoms with van der Waals surface area (Å²) in [5.41, 5.74) is 5.47. The molecule has 3 amide bonds. The summed E-state index contributed by atoms with van der Waals surface area (Å²) in [6.45, 7) is 0.0359. The van der Waals surface area contributed by atoms with Crippen LogP contribution in [0.3, 0.4) is 0 Å². The second-order valence-corrected chi connectivity index (χ2v) is 7.38. The summed E-state index contributed by atoms with van der Waals surface area (Å²) in [4.78, 5) is 82.5. The third-order valence-electron chi connectivity index (χ3n) is 4.82. The van der Waals surface area contributed by atoms with Crippen molar-refractivity contribution < 1.29 is 54.0 Å². The lowest BCUT2D eigenvalue weighted by Gasteiger charge is -2.29. The van der Waals surface area contributed by atoms with Gasteiger partial charge in [0.05, 0.1) is 18.9 Å². The maximum atomic E-state index is 13.0. The number of carbonyl (C=O) groups excluding carboxylic acids is 3. The van der Waals surface area contributed by atoms with Crippen LogP contribution in [-0.2, 0) is 33.6 Å². The van der Waals surface area contributed by atoms with Gasteiger partial charge in [-0.05, 0) is 19.3 Å². The van der Waals surface area contributed by atoms with E-state index >= 15 is 0 Å². The molecule has 1 heterocycles. The number of aliphatic carboxylic acids is 4. The molecule has 0 bridgehead atoms. The fourth-order valence-corrected chi connectivity index (χ4v) is 3.23. The highest BCUT2D eigenvalue weighted by Crippen LogP contribution is 2.20. The van der Waals surface area contributed by atoms with Gasteiger partial charge in [-0.15, -0.1) is 0 Å². The molecule has 1 saturated heterocycles. The van der Waals surface area contributed by atoms with Crippen LogP contribution >= 0.6 is 0 Å². The van der Waals surface area contributed by atoms with Crippen molar-refractivity contribution in [2.24, 2.45) is 5.73 Å². The molecule has 15 heteroatoms. The Bertz CT molecular complexity index is 815. The second-order valence-electron chi connectivity index (χ2n) is 7.38. The molecule has 0 aliphatic carbocycles. The van der Waals surface area contributed by atoms with Crippen molar-refractivity contribution >= 4 is 41.6 Å². The SMILES string of the molecule is NC(CC(=O)O)C(=O)NC(CCC(=O)O)C(=O)N1CCCC1C(=O)NC(CC(=O)O)C(=O)O. The standard InChI is InChI=1S/C18H26N4O11/c19-8(6-13(25)26)15(29)20-9(3-4-12(23)24)17(31)22-5-1-2-11(22)16(30)21-10(18(32)33)7-14(27)28/h8-11H,1-7,19H2,(H,20,29)(H,21,30)(H,23,24)(H,25,26)(H,27,28)(H,32,33). The van der Waals surface area contributed by atoms with E-state index in [0.29, 0.717) is 6.42 Å². The minimum absolute atomic E-state index is 0.0359. The first-order chi connectivity index (χ1) is 15.3. The molecule has 0 spiro atoms. The predicted molar refractivity (Wildman–Crippen MR) is 106 cm³/mol. The zero-order chi connectivity index (χ0) is 25.3. The van der Waals surface area contributed by atoms with Gasteiger partial charge in [-0.25, -0.2) is 4.79 Å². The highest BCUT2D eigenvalue weighted by atomic mass is 16.4. The molecule has 1 aliphatic rings. The third kappa shape index (κ3) is 8.72. The van der Waals surface area contributed by atoms with Gasteiger partial charge in [0.25, 0.3) is 0 Å². The smallest absolute Gasteiger partial charge is 0.326 e. The summed E-state index contributed by atoms with van der Waals surface area (Å²) >= 11 is 0. The number of nitrogens with zero attached hydrogens (tertiary/aromatic N) is 1. The first-order valence-corrected chi connectivity index (χ1v) is 9.88. The van der Waals surface area contributed by atoms with Crippen molar-refractivity contribution in [2.75, 3.05) is 6.54 Å². The summed E-state index contributed by atoms with van der Waals surface area (Å²) in [7, 11) is 0. The van der Waals surface area contributed by atoms with E-state index in [0.717, 1.165) is 4.90 Å². The Kier molecular flexibility index (Phi) is 10.2. The molecule has 0 saturated carbocycles. The van der Waals surface area contributed by atoms with E-state index in [9.17, 15) is 33.6 Å². The summed E-state index contributed by atoms with van der Waals surface area (Å²) in [5, 5.41) is 39.8. The molecular formula is C18H26N4O11. The van der Waals surface area contributed by atoms with Gasteiger partial charge in [-0.1, -0.05) is 0 Å². The number of nitrogens with two attached hydrogens (primary N) is 1. The zero-order valence-corrected chi connectivity index (χ0v) is 17.4. The van der Waals surface area contributed by atoms with E-state index in [-0.39, 0.29) is 19.4 Å². The van der Waals surface area contributed by atoms with Crippen molar-refractivity contribution in [3.05, 3.63) is 0 Å². The van der Waals surface area contributed by atoms with Crippen molar-refractivity contribution in [3.8, 4) is 0 Å². The number of carboxylic acids is 4. The van der Waals surface area contributed by atoms with Gasteiger partial charge in [0, 0.05) is 13.0 Å². The number of nitrogens with one attached hydrogen (secondary N) is 2. The van der Waals surface area contributed by atoms with E-state index < -0.39 is 85.0 Å². The number of carbonyl (C=O) groups is 7. The van der Waals surface area contributed by atoms with Crippen LogP contribution in [0.1, 0.15) is 38.5 Å². The topological polar surface area (TPSA) is 254 Å². The first kappa shape index (κ1) is 27.3. The normalized spacial score (nSPS) is 18.0. The molecule has 0 aromatic heterocycles. The van der Waals surface area contributed by atoms with Crippen LogP contribution in [0.2, 0.25) is 0 Å². The average molecular weight is 474 g/mol. The average Bonchev–Trinajstić information content (AvgIpc) is 3.18. The highest BCUT2D eigenvalue weighted by molar-refractivity contribution is 5.95. The van der Waals surface area contributed by atoms with Crippen molar-refractivity contribution in [3.63, 3.8) is 0 Å². The third-order valence-corrected chi connectivity index (χ3v) is 4.82. The van der Waals surface area contributed by atoms with E-state index in [1.165, 1.54) is 0 Å². The molecule has 0 aromatic carbocycles. The van der Waals surface area contributed by atoms with Gasteiger partial charge < -0.3 is 41.7 Å². The molecule has 0 aromatic rings. The summed E-state index contributed by atoms with van der Waals surface area (Å²) < 4.78 is 0. The van der Waals surface area contributed by atoms with Gasteiger partial charge >= 0.3 is 23.9 Å². The summed E-state index contributed by atoms with van der Waals surface area (Å²) in [5.74, 6) is -8.44. The largest absolute Gasteiger partial charge is 0.481 e. The van der Waals surface area contributed by atoms with Gasteiger partial charge in [0.15, 0.2) is 0 Å². The molecule has 1 rings (SSSR count). The van der Waals surface area contributed by atoms with Crippen molar-refractivity contribution in [1.82, 2.24) is 15.5 Å². The van der Waals surface area contributed by atoms with Gasteiger partial charge in [-0.3, -0.25) is 28.8 Å². The molecule has 0 radical (unpaired) electrons. The maximum absolute atomic E-state index is 13.0. The monoisotopic (exact) mass is 474 g/mol. The Morgan fingerprint density at radius 3 is 2.00 bits per heavy atom. The highest BCUT2D eigenvalue weighted by Gasteiger charge is 2.39.